The number of sulfonamides is 1. The highest BCUT2D eigenvalue weighted by atomic mass is 32.2. The van der Waals surface area contributed by atoms with Gasteiger partial charge >= 0.3 is 12.0 Å². The minimum Gasteiger partial charge on any atom is -0.481 e. The maximum atomic E-state index is 12.9. The van der Waals surface area contributed by atoms with Crippen molar-refractivity contribution in [3.8, 4) is 0 Å². The number of rotatable bonds is 9. The van der Waals surface area contributed by atoms with Crippen molar-refractivity contribution in [1.82, 2.24) is 14.9 Å². The Morgan fingerprint density at radius 1 is 1.23 bits per heavy atom. The molecule has 3 rings (SSSR count). The summed E-state index contributed by atoms with van der Waals surface area (Å²) in [7, 11) is -3.85. The van der Waals surface area contributed by atoms with Gasteiger partial charge in [0, 0.05) is 17.0 Å². The molecule has 1 fully saturated rings. The number of thioether (sulfide) groups is 2. The molecule has 31 heavy (non-hydrogen) atoms. The van der Waals surface area contributed by atoms with Crippen LogP contribution in [0, 0.1) is 6.92 Å². The average molecular weight is 484 g/mol. The van der Waals surface area contributed by atoms with Crippen molar-refractivity contribution in [2.75, 3.05) is 5.75 Å². The summed E-state index contributed by atoms with van der Waals surface area (Å²) in [4.78, 5) is 26.0. The lowest BCUT2D eigenvalue weighted by atomic mass is 10.2. The van der Waals surface area contributed by atoms with Gasteiger partial charge in [-0.1, -0.05) is 29.5 Å². The number of benzene rings is 1. The van der Waals surface area contributed by atoms with E-state index in [0.717, 1.165) is 20.4 Å². The predicted molar refractivity (Wildman–Crippen MR) is 123 cm³/mol. The maximum absolute atomic E-state index is 12.9. The zero-order valence-corrected chi connectivity index (χ0v) is 19.9. The third-order valence-electron chi connectivity index (χ3n) is 4.91. The quantitative estimate of drug-likeness (QED) is 0.458. The Hall–Kier alpha value is -1.95. The molecule has 2 aliphatic rings. The Balaban J connectivity index is 1.83. The molecule has 1 saturated heterocycles. The van der Waals surface area contributed by atoms with Crippen LogP contribution in [0.2, 0.25) is 0 Å². The normalized spacial score (nSPS) is 19.0. The molecule has 0 spiro atoms. The Bertz CT molecular complexity index is 1050. The second-order valence-corrected chi connectivity index (χ2v) is 11.6. The van der Waals surface area contributed by atoms with Gasteiger partial charge in [0.25, 0.3) is 0 Å². The van der Waals surface area contributed by atoms with Crippen molar-refractivity contribution < 1.29 is 23.1 Å². The van der Waals surface area contributed by atoms with E-state index in [9.17, 15) is 18.0 Å². The molecular formula is C20H25N3O5S3. The van der Waals surface area contributed by atoms with Gasteiger partial charge in [-0.05, 0) is 51.5 Å². The molecule has 168 valence electrons. The third-order valence-corrected chi connectivity index (χ3v) is 8.91. The van der Waals surface area contributed by atoms with Crippen LogP contribution in [-0.2, 0) is 14.8 Å². The molecule has 1 aromatic rings. The number of amides is 2. The van der Waals surface area contributed by atoms with Crippen LogP contribution >= 0.6 is 23.5 Å². The SMILES string of the molecule is CC1=C(C)N2C(=O)NC(NS(=O)(=O)c3ccc(C)cc3)C2=C(SCCCCC(=O)O)S1. The van der Waals surface area contributed by atoms with Crippen molar-refractivity contribution in [2.45, 2.75) is 51.1 Å². The number of aryl methyl sites for hydroxylation is 1. The maximum Gasteiger partial charge on any atom is 0.327 e. The third kappa shape index (κ3) is 5.46. The van der Waals surface area contributed by atoms with Gasteiger partial charge in [-0.25, -0.2) is 13.2 Å². The van der Waals surface area contributed by atoms with Crippen LogP contribution < -0.4 is 10.0 Å². The molecule has 3 N–H and O–H groups in total. The van der Waals surface area contributed by atoms with E-state index in [0.29, 0.717) is 24.3 Å². The summed E-state index contributed by atoms with van der Waals surface area (Å²) in [5.74, 6) is -0.152. The summed E-state index contributed by atoms with van der Waals surface area (Å²) >= 11 is 3.01. The van der Waals surface area contributed by atoms with Crippen LogP contribution in [-0.4, -0.2) is 42.3 Å². The fourth-order valence-electron chi connectivity index (χ4n) is 3.13. The number of nitrogens with one attached hydrogen (secondary N) is 2. The molecule has 2 amide bonds. The first-order valence-corrected chi connectivity index (χ1v) is 13.0. The molecule has 0 saturated carbocycles. The molecule has 11 heteroatoms. The molecule has 0 aliphatic carbocycles. The monoisotopic (exact) mass is 483 g/mol. The molecule has 2 aliphatic heterocycles. The Morgan fingerprint density at radius 2 is 1.90 bits per heavy atom. The molecule has 0 aromatic heterocycles. The molecule has 2 heterocycles. The number of allylic oxidation sites excluding steroid dienone is 2. The lowest BCUT2D eigenvalue weighted by molar-refractivity contribution is -0.137. The number of fused-ring (bicyclic) bond motifs is 1. The van der Waals surface area contributed by atoms with E-state index in [4.69, 9.17) is 5.11 Å². The second kappa shape index (κ2) is 9.68. The lowest BCUT2D eigenvalue weighted by Crippen LogP contribution is -2.43. The van der Waals surface area contributed by atoms with Gasteiger partial charge in [0.15, 0.2) is 0 Å². The molecule has 1 aromatic carbocycles. The minimum absolute atomic E-state index is 0.114. The van der Waals surface area contributed by atoms with Crippen molar-refractivity contribution in [3.63, 3.8) is 0 Å². The fraction of sp³-hybridized carbons (Fsp3) is 0.400. The summed E-state index contributed by atoms with van der Waals surface area (Å²) in [6.07, 6.45) is 0.490. The summed E-state index contributed by atoms with van der Waals surface area (Å²) in [5.41, 5.74) is 2.27. The highest BCUT2D eigenvalue weighted by molar-refractivity contribution is 8.24. The van der Waals surface area contributed by atoms with Gasteiger partial charge < -0.3 is 10.4 Å². The van der Waals surface area contributed by atoms with Crippen molar-refractivity contribution in [3.05, 3.63) is 50.4 Å². The highest BCUT2D eigenvalue weighted by Crippen LogP contribution is 2.46. The van der Waals surface area contributed by atoms with E-state index >= 15 is 0 Å². The van der Waals surface area contributed by atoms with Crippen molar-refractivity contribution in [2.24, 2.45) is 0 Å². The smallest absolute Gasteiger partial charge is 0.327 e. The lowest BCUT2D eigenvalue weighted by Gasteiger charge is -2.28. The largest absolute Gasteiger partial charge is 0.481 e. The van der Waals surface area contributed by atoms with Crippen LogP contribution in [0.25, 0.3) is 0 Å². The summed E-state index contributed by atoms with van der Waals surface area (Å²) in [5, 5.41) is 11.5. The van der Waals surface area contributed by atoms with Gasteiger partial charge in [-0.15, -0.1) is 11.8 Å². The minimum atomic E-state index is -3.85. The number of hydrogen-bond donors (Lipinski definition) is 3. The van der Waals surface area contributed by atoms with Crippen LogP contribution in [0.15, 0.2) is 49.7 Å². The van der Waals surface area contributed by atoms with E-state index in [2.05, 4.69) is 10.0 Å². The number of aliphatic carboxylic acids is 1. The van der Waals surface area contributed by atoms with Crippen LogP contribution in [0.5, 0.6) is 0 Å². The fourth-order valence-corrected chi connectivity index (χ4v) is 6.83. The number of carboxylic acid groups (broad SMARTS) is 1. The summed E-state index contributed by atoms with van der Waals surface area (Å²) in [6, 6.07) is 6.12. The number of hydrogen-bond acceptors (Lipinski definition) is 6. The van der Waals surface area contributed by atoms with E-state index in [1.54, 1.807) is 12.1 Å². The molecular weight excluding hydrogens is 458 g/mol. The first-order chi connectivity index (χ1) is 14.6. The molecule has 1 unspecified atom stereocenters. The number of nitrogens with zero attached hydrogens (tertiary/aromatic N) is 1. The number of carboxylic acids is 1. The number of urea groups is 1. The zero-order valence-electron chi connectivity index (χ0n) is 17.5. The van der Waals surface area contributed by atoms with Gasteiger partial charge in [0.2, 0.25) is 10.0 Å². The summed E-state index contributed by atoms with van der Waals surface area (Å²) < 4.78 is 29.3. The molecule has 0 bridgehead atoms. The summed E-state index contributed by atoms with van der Waals surface area (Å²) in [6.45, 7) is 5.62. The number of carbonyl (C=O) groups is 2. The Labute approximate surface area is 190 Å². The van der Waals surface area contributed by atoms with Gasteiger partial charge in [0.05, 0.1) is 14.8 Å². The van der Waals surface area contributed by atoms with E-state index in [-0.39, 0.29) is 17.3 Å². The van der Waals surface area contributed by atoms with Crippen molar-refractivity contribution >= 4 is 45.5 Å². The van der Waals surface area contributed by atoms with E-state index < -0.39 is 22.2 Å². The number of carbonyl (C=O) groups excluding carboxylic acids is 1. The Kier molecular flexibility index (Phi) is 7.40. The first kappa shape index (κ1) is 23.7. The molecule has 0 radical (unpaired) electrons. The highest BCUT2D eigenvalue weighted by Gasteiger charge is 2.42. The van der Waals surface area contributed by atoms with Crippen LogP contribution in [0.3, 0.4) is 0 Å². The van der Waals surface area contributed by atoms with E-state index in [1.165, 1.54) is 40.6 Å². The predicted octanol–water partition coefficient (Wildman–Crippen LogP) is 3.78. The van der Waals surface area contributed by atoms with Crippen LogP contribution in [0.1, 0.15) is 38.7 Å². The average Bonchev–Trinajstić information content (AvgIpc) is 3.01. The molecule has 8 nitrogen and oxygen atoms in total. The van der Waals surface area contributed by atoms with Crippen molar-refractivity contribution in [1.29, 1.82) is 0 Å². The van der Waals surface area contributed by atoms with E-state index in [1.807, 2.05) is 20.8 Å². The first-order valence-electron chi connectivity index (χ1n) is 9.74. The van der Waals surface area contributed by atoms with Crippen LogP contribution in [0.4, 0.5) is 4.79 Å². The molecule has 1 atom stereocenters. The standard InChI is InChI=1S/C20H25N3O5S3/c1-12-7-9-15(10-8-12)31(27,28)22-18-17-19(29-11-5-4-6-16(24)25)30-14(3)13(2)23(17)20(26)21-18/h7-10,18,22H,4-6,11H2,1-3H3,(H,21,26)(H,24,25). The number of unbranched alkanes of at least 4 members (excludes halogenated alkanes) is 1. The topological polar surface area (TPSA) is 116 Å². The second-order valence-electron chi connectivity index (χ2n) is 7.27. The van der Waals surface area contributed by atoms with Gasteiger partial charge in [-0.3, -0.25) is 9.69 Å². The zero-order chi connectivity index (χ0) is 22.8. The van der Waals surface area contributed by atoms with Gasteiger partial charge in [0.1, 0.15) is 6.17 Å². The Morgan fingerprint density at radius 3 is 2.55 bits per heavy atom. The van der Waals surface area contributed by atoms with Gasteiger partial charge in [-0.2, -0.15) is 4.72 Å².